The Bertz CT molecular complexity index is 1140. The minimum absolute atomic E-state index is 0.0279. The number of benzodiazepines with no additional fused rings is 1. The average molecular weight is 432 g/mol. The highest BCUT2D eigenvalue weighted by atomic mass is 35.5. The monoisotopic (exact) mass is 431 g/mol. The molecule has 5 nitrogen and oxygen atoms in total. The lowest BCUT2D eigenvalue weighted by molar-refractivity contribution is -0.123. The van der Waals surface area contributed by atoms with Crippen LogP contribution >= 0.6 is 11.6 Å². The summed E-state index contributed by atoms with van der Waals surface area (Å²) in [5.74, 6) is -0.484. The topological polar surface area (TPSA) is 61.8 Å². The van der Waals surface area contributed by atoms with Gasteiger partial charge in [-0.25, -0.2) is 0 Å². The Morgan fingerprint density at radius 1 is 1.06 bits per heavy atom. The van der Waals surface area contributed by atoms with Gasteiger partial charge in [-0.05, 0) is 30.7 Å². The number of aliphatic imine (C=N–C) groups is 1. The van der Waals surface area contributed by atoms with Gasteiger partial charge >= 0.3 is 0 Å². The average Bonchev–Trinajstić information content (AvgIpc) is 2.92. The largest absolute Gasteiger partial charge is 0.324 e. The number of para-hydroxylation sites is 1. The van der Waals surface area contributed by atoms with E-state index in [9.17, 15) is 9.59 Å². The molecule has 6 heteroatoms. The van der Waals surface area contributed by atoms with E-state index in [-0.39, 0.29) is 18.4 Å². The number of carbonyl (C=O) groups is 2. The van der Waals surface area contributed by atoms with Gasteiger partial charge in [0.2, 0.25) is 11.8 Å². The highest BCUT2D eigenvalue weighted by Gasteiger charge is 2.33. The molecule has 3 aromatic carbocycles. The fraction of sp³-hybridized carbons (Fsp3) is 0.160. The van der Waals surface area contributed by atoms with Crippen molar-refractivity contribution in [3.63, 3.8) is 0 Å². The Labute approximate surface area is 186 Å². The molecule has 1 heterocycles. The second kappa shape index (κ2) is 9.14. The first kappa shape index (κ1) is 20.8. The first-order valence-corrected chi connectivity index (χ1v) is 10.5. The van der Waals surface area contributed by atoms with Crippen molar-refractivity contribution in [2.75, 3.05) is 16.8 Å². The first-order valence-electron chi connectivity index (χ1n) is 10.2. The SMILES string of the molecule is CC[C@H](C(=O)Nc1cccc(Cl)c1)N1C(=O)CN=C(c2ccccc2)c2ccccc21. The summed E-state index contributed by atoms with van der Waals surface area (Å²) in [6, 6.07) is 23.6. The van der Waals surface area contributed by atoms with Crippen molar-refractivity contribution in [2.45, 2.75) is 19.4 Å². The maximum absolute atomic E-state index is 13.2. The summed E-state index contributed by atoms with van der Waals surface area (Å²) in [7, 11) is 0. The van der Waals surface area contributed by atoms with Crippen LogP contribution in [0.3, 0.4) is 0 Å². The summed E-state index contributed by atoms with van der Waals surface area (Å²) in [5.41, 5.74) is 3.78. The van der Waals surface area contributed by atoms with Crippen LogP contribution in [0.4, 0.5) is 11.4 Å². The molecule has 3 aromatic rings. The van der Waals surface area contributed by atoms with Gasteiger partial charge in [0.25, 0.3) is 0 Å². The molecule has 31 heavy (non-hydrogen) atoms. The third-order valence-electron chi connectivity index (χ3n) is 5.20. The minimum atomic E-state index is -0.682. The number of rotatable bonds is 5. The van der Waals surface area contributed by atoms with Crippen LogP contribution in [0, 0.1) is 0 Å². The number of amides is 2. The molecule has 1 aliphatic heterocycles. The standard InChI is InChI=1S/C25H22ClN3O2/c1-2-21(25(31)28-19-12-8-11-18(26)15-19)29-22-14-7-6-13-20(22)24(27-16-23(29)30)17-9-4-3-5-10-17/h3-15,21H,2,16H2,1H3,(H,28,31)/t21-/m1/s1. The van der Waals surface area contributed by atoms with Crippen LogP contribution in [-0.4, -0.2) is 30.1 Å². The van der Waals surface area contributed by atoms with E-state index in [0.29, 0.717) is 22.8 Å². The van der Waals surface area contributed by atoms with Gasteiger partial charge in [0.15, 0.2) is 0 Å². The molecule has 4 rings (SSSR count). The van der Waals surface area contributed by atoms with Gasteiger partial charge in [-0.2, -0.15) is 0 Å². The van der Waals surface area contributed by atoms with Gasteiger partial charge in [-0.3, -0.25) is 19.5 Å². The maximum Gasteiger partial charge on any atom is 0.249 e. The van der Waals surface area contributed by atoms with E-state index < -0.39 is 6.04 Å². The van der Waals surface area contributed by atoms with E-state index in [1.807, 2.05) is 61.5 Å². The molecular weight excluding hydrogens is 410 g/mol. The molecule has 0 spiro atoms. The third-order valence-corrected chi connectivity index (χ3v) is 5.44. The molecule has 0 saturated heterocycles. The summed E-state index contributed by atoms with van der Waals surface area (Å²) >= 11 is 6.05. The molecular formula is C25H22ClN3O2. The van der Waals surface area contributed by atoms with Gasteiger partial charge < -0.3 is 5.32 Å². The molecule has 1 aliphatic rings. The van der Waals surface area contributed by atoms with Gasteiger partial charge in [0.05, 0.1) is 11.4 Å². The van der Waals surface area contributed by atoms with Crippen molar-refractivity contribution < 1.29 is 9.59 Å². The summed E-state index contributed by atoms with van der Waals surface area (Å²) in [5, 5.41) is 3.42. The molecule has 0 fully saturated rings. The van der Waals surface area contributed by atoms with Crippen LogP contribution in [0.15, 0.2) is 83.9 Å². The summed E-state index contributed by atoms with van der Waals surface area (Å²) < 4.78 is 0. The predicted molar refractivity (Wildman–Crippen MR) is 125 cm³/mol. The lowest BCUT2D eigenvalue weighted by atomic mass is 9.99. The van der Waals surface area contributed by atoms with Gasteiger partial charge in [-0.1, -0.05) is 73.1 Å². The Morgan fingerprint density at radius 3 is 2.55 bits per heavy atom. The number of nitrogens with one attached hydrogen (secondary N) is 1. The molecule has 1 N–H and O–H groups in total. The highest BCUT2D eigenvalue weighted by molar-refractivity contribution is 6.31. The molecule has 0 radical (unpaired) electrons. The quantitative estimate of drug-likeness (QED) is 0.621. The molecule has 0 aromatic heterocycles. The van der Waals surface area contributed by atoms with Crippen LogP contribution < -0.4 is 10.2 Å². The van der Waals surface area contributed by atoms with E-state index in [4.69, 9.17) is 11.6 Å². The van der Waals surface area contributed by atoms with Crippen molar-refractivity contribution in [1.82, 2.24) is 0 Å². The molecule has 0 bridgehead atoms. The molecule has 2 amide bonds. The van der Waals surface area contributed by atoms with Crippen molar-refractivity contribution >= 4 is 40.5 Å². The number of halogens is 1. The van der Waals surface area contributed by atoms with Crippen molar-refractivity contribution in [3.05, 3.63) is 95.0 Å². The molecule has 0 aliphatic carbocycles. The Morgan fingerprint density at radius 2 is 1.81 bits per heavy atom. The number of hydrogen-bond donors (Lipinski definition) is 1. The fourth-order valence-electron chi connectivity index (χ4n) is 3.79. The van der Waals surface area contributed by atoms with Crippen LogP contribution in [0.5, 0.6) is 0 Å². The van der Waals surface area contributed by atoms with Crippen LogP contribution in [0.25, 0.3) is 0 Å². The summed E-state index contributed by atoms with van der Waals surface area (Å²) in [6.07, 6.45) is 0.452. The Hall–Kier alpha value is -3.44. The second-order valence-electron chi connectivity index (χ2n) is 7.24. The van der Waals surface area contributed by atoms with E-state index in [1.54, 1.807) is 29.2 Å². The zero-order valence-corrected chi connectivity index (χ0v) is 17.8. The lowest BCUT2D eigenvalue weighted by Gasteiger charge is -2.30. The summed E-state index contributed by atoms with van der Waals surface area (Å²) in [4.78, 5) is 32.6. The number of fused-ring (bicyclic) bond motifs is 1. The fourth-order valence-corrected chi connectivity index (χ4v) is 3.98. The molecule has 1 atom stereocenters. The number of carbonyl (C=O) groups excluding carboxylic acids is 2. The highest BCUT2D eigenvalue weighted by Crippen LogP contribution is 2.29. The number of nitrogens with zero attached hydrogens (tertiary/aromatic N) is 2. The predicted octanol–water partition coefficient (Wildman–Crippen LogP) is 4.94. The van der Waals surface area contributed by atoms with E-state index >= 15 is 0 Å². The van der Waals surface area contributed by atoms with Gasteiger partial charge in [0.1, 0.15) is 12.6 Å². The zero-order valence-electron chi connectivity index (χ0n) is 17.1. The maximum atomic E-state index is 13.2. The van der Waals surface area contributed by atoms with Crippen molar-refractivity contribution in [1.29, 1.82) is 0 Å². The van der Waals surface area contributed by atoms with E-state index in [1.165, 1.54) is 0 Å². The minimum Gasteiger partial charge on any atom is -0.324 e. The number of benzene rings is 3. The van der Waals surface area contributed by atoms with Gasteiger partial charge in [0, 0.05) is 21.8 Å². The number of anilines is 2. The Balaban J connectivity index is 1.72. The number of hydrogen-bond acceptors (Lipinski definition) is 3. The normalized spacial score (nSPS) is 14.3. The Kier molecular flexibility index (Phi) is 6.14. The summed E-state index contributed by atoms with van der Waals surface area (Å²) in [6.45, 7) is 1.86. The third kappa shape index (κ3) is 4.37. The molecule has 0 unspecified atom stereocenters. The van der Waals surface area contributed by atoms with Crippen LogP contribution in [0.2, 0.25) is 5.02 Å². The second-order valence-corrected chi connectivity index (χ2v) is 7.67. The van der Waals surface area contributed by atoms with E-state index in [0.717, 1.165) is 16.8 Å². The van der Waals surface area contributed by atoms with Crippen LogP contribution in [0.1, 0.15) is 24.5 Å². The van der Waals surface area contributed by atoms with Gasteiger partial charge in [-0.15, -0.1) is 0 Å². The molecule has 156 valence electrons. The first-order chi connectivity index (χ1) is 15.1. The van der Waals surface area contributed by atoms with Crippen molar-refractivity contribution in [2.24, 2.45) is 4.99 Å². The van der Waals surface area contributed by atoms with Crippen LogP contribution in [-0.2, 0) is 9.59 Å². The van der Waals surface area contributed by atoms with E-state index in [2.05, 4.69) is 10.3 Å². The van der Waals surface area contributed by atoms with Crippen molar-refractivity contribution in [3.8, 4) is 0 Å². The molecule has 0 saturated carbocycles. The smallest absolute Gasteiger partial charge is 0.249 e. The lowest BCUT2D eigenvalue weighted by Crippen LogP contribution is -2.48. The zero-order chi connectivity index (χ0) is 21.8.